The van der Waals surface area contributed by atoms with Crippen molar-refractivity contribution in [1.29, 1.82) is 0 Å². The maximum absolute atomic E-state index is 13.2. The molecule has 2 aliphatic carbocycles. The first-order chi connectivity index (χ1) is 17.2. The Bertz CT molecular complexity index is 816. The number of aliphatic hydroxyl groups is 2. The fourth-order valence-electron chi connectivity index (χ4n) is 6.37. The Morgan fingerprint density at radius 2 is 1.81 bits per heavy atom. The van der Waals surface area contributed by atoms with Gasteiger partial charge in [-0.1, -0.05) is 38.5 Å². The number of carbonyl (C=O) groups excluding carboxylic acids is 1. The number of hydrogen-bond donors (Lipinski definition) is 4. The fourth-order valence-corrected chi connectivity index (χ4v) is 6.37. The van der Waals surface area contributed by atoms with Crippen LogP contribution in [0.25, 0.3) is 0 Å². The average molecular weight is 505 g/mol. The van der Waals surface area contributed by atoms with Gasteiger partial charge >= 0.3 is 0 Å². The van der Waals surface area contributed by atoms with Crippen molar-refractivity contribution in [3.63, 3.8) is 0 Å². The molecule has 0 spiro atoms. The molecular formula is C28H48N4O4. The van der Waals surface area contributed by atoms with Gasteiger partial charge in [-0.25, -0.2) is 0 Å². The minimum absolute atomic E-state index is 0.00579. The first-order valence-electron chi connectivity index (χ1n) is 14.2. The predicted octanol–water partition coefficient (Wildman–Crippen LogP) is 3.08. The minimum Gasteiger partial charge on any atom is -0.382 e. The number of amides is 1. The fraction of sp³-hybridized carbons (Fsp3) is 0.857. The van der Waals surface area contributed by atoms with Crippen LogP contribution in [-0.2, 0) is 9.53 Å². The van der Waals surface area contributed by atoms with E-state index in [1.807, 2.05) is 14.0 Å². The molecule has 0 aromatic heterocycles. The number of carbonyl (C=O) groups is 1. The maximum Gasteiger partial charge on any atom is 0.268 e. The van der Waals surface area contributed by atoms with Crippen molar-refractivity contribution in [2.24, 2.45) is 16.8 Å². The van der Waals surface area contributed by atoms with Crippen molar-refractivity contribution >= 4 is 11.6 Å². The summed E-state index contributed by atoms with van der Waals surface area (Å²) >= 11 is 0. The second-order valence-electron chi connectivity index (χ2n) is 12.2. The van der Waals surface area contributed by atoms with E-state index in [9.17, 15) is 15.0 Å². The molecule has 2 saturated carbocycles. The third-order valence-corrected chi connectivity index (χ3v) is 9.03. The lowest BCUT2D eigenvalue weighted by Crippen LogP contribution is -2.60. The minimum atomic E-state index is -1.37. The Morgan fingerprint density at radius 1 is 1.17 bits per heavy atom. The number of aliphatic imine (C=N–C) groups is 1. The van der Waals surface area contributed by atoms with E-state index >= 15 is 0 Å². The van der Waals surface area contributed by atoms with Crippen molar-refractivity contribution in [2.75, 3.05) is 13.7 Å². The first-order valence-corrected chi connectivity index (χ1v) is 14.2. The van der Waals surface area contributed by atoms with Gasteiger partial charge in [0.1, 0.15) is 24.2 Å². The molecule has 0 bridgehead atoms. The van der Waals surface area contributed by atoms with Crippen LogP contribution in [0, 0.1) is 11.8 Å². The van der Waals surface area contributed by atoms with E-state index in [1.54, 1.807) is 0 Å². The highest BCUT2D eigenvalue weighted by molar-refractivity contribution is 6.41. The van der Waals surface area contributed by atoms with Crippen LogP contribution in [-0.4, -0.2) is 76.6 Å². The summed E-state index contributed by atoms with van der Waals surface area (Å²) in [6.45, 7) is 7.15. The van der Waals surface area contributed by atoms with E-state index in [0.29, 0.717) is 11.8 Å². The van der Waals surface area contributed by atoms with Gasteiger partial charge in [-0.2, -0.15) is 0 Å². The average Bonchev–Trinajstić information content (AvgIpc) is 2.87. The third-order valence-electron chi connectivity index (χ3n) is 9.03. The predicted molar refractivity (Wildman–Crippen MR) is 141 cm³/mol. The summed E-state index contributed by atoms with van der Waals surface area (Å²) in [5, 5.41) is 27.3. The van der Waals surface area contributed by atoms with Crippen LogP contribution in [0.15, 0.2) is 16.8 Å². The van der Waals surface area contributed by atoms with Gasteiger partial charge < -0.3 is 25.2 Å². The lowest BCUT2D eigenvalue weighted by atomic mass is 9.84. The lowest BCUT2D eigenvalue weighted by Gasteiger charge is -2.47. The number of ether oxygens (including phenoxy) is 1. The van der Waals surface area contributed by atoms with Gasteiger partial charge in [0.05, 0.1) is 18.4 Å². The SMILES string of the molecule is C[C@@H](NC(=O)C1=NC(C2=CC(OCC3CCCCC3)CC(C)(C)N2C)NC(O)C1O)C1CCCCC1. The van der Waals surface area contributed by atoms with E-state index in [1.165, 1.54) is 51.4 Å². The monoisotopic (exact) mass is 504 g/mol. The van der Waals surface area contributed by atoms with E-state index in [-0.39, 0.29) is 23.4 Å². The summed E-state index contributed by atoms with van der Waals surface area (Å²) in [5.74, 6) is 0.676. The van der Waals surface area contributed by atoms with Gasteiger partial charge in [0.15, 0.2) is 0 Å². The van der Waals surface area contributed by atoms with E-state index in [0.717, 1.165) is 31.6 Å². The zero-order chi connectivity index (χ0) is 25.9. The van der Waals surface area contributed by atoms with Crippen LogP contribution in [0.2, 0.25) is 0 Å². The lowest BCUT2D eigenvalue weighted by molar-refractivity contribution is -0.117. The molecule has 2 heterocycles. The number of hydrogen-bond acceptors (Lipinski definition) is 7. The summed E-state index contributed by atoms with van der Waals surface area (Å²) < 4.78 is 6.40. The highest BCUT2D eigenvalue weighted by Crippen LogP contribution is 2.34. The molecule has 4 aliphatic rings. The van der Waals surface area contributed by atoms with Crippen molar-refractivity contribution in [3.8, 4) is 0 Å². The standard InChI is InChI=1S/C28H48N4O4/c1-18(20-13-9-6-10-14-20)29-26(34)23-24(33)27(35)31-25(30-23)22-15-21(16-28(2,3)32(22)4)36-17-19-11-7-5-8-12-19/h15,18-21,24-25,27,31,33,35H,5-14,16-17H2,1-4H3,(H,29,34)/t18-,21?,24?,25?,27?/m1/s1. The normalized spacial score (nSPS) is 33.0. The summed E-state index contributed by atoms with van der Waals surface area (Å²) in [6.07, 6.45) is 11.8. The summed E-state index contributed by atoms with van der Waals surface area (Å²) in [4.78, 5) is 20.0. The van der Waals surface area contributed by atoms with Crippen molar-refractivity contribution in [1.82, 2.24) is 15.5 Å². The molecule has 4 rings (SSSR count). The van der Waals surface area contributed by atoms with Crippen LogP contribution < -0.4 is 10.6 Å². The van der Waals surface area contributed by atoms with E-state index < -0.39 is 24.4 Å². The van der Waals surface area contributed by atoms with E-state index in [2.05, 4.69) is 40.4 Å². The van der Waals surface area contributed by atoms with Crippen LogP contribution in [0.5, 0.6) is 0 Å². The van der Waals surface area contributed by atoms with Gasteiger partial charge in [-0.15, -0.1) is 0 Å². The smallest absolute Gasteiger partial charge is 0.268 e. The van der Waals surface area contributed by atoms with Crippen molar-refractivity contribution < 1.29 is 19.7 Å². The molecule has 8 nitrogen and oxygen atoms in total. The van der Waals surface area contributed by atoms with E-state index in [4.69, 9.17) is 4.74 Å². The van der Waals surface area contributed by atoms with Crippen LogP contribution >= 0.6 is 0 Å². The summed E-state index contributed by atoms with van der Waals surface area (Å²) in [6, 6.07) is 0.00579. The molecule has 5 atom stereocenters. The molecule has 1 amide bonds. The molecule has 8 heteroatoms. The quantitative estimate of drug-likeness (QED) is 0.425. The Morgan fingerprint density at radius 3 is 2.47 bits per heavy atom. The second-order valence-corrected chi connectivity index (χ2v) is 12.2. The highest BCUT2D eigenvalue weighted by Gasteiger charge is 2.41. The molecule has 0 saturated heterocycles. The third kappa shape index (κ3) is 6.50. The number of rotatable bonds is 7. The maximum atomic E-state index is 13.2. The molecule has 4 N–H and O–H groups in total. The molecule has 4 unspecified atom stereocenters. The second kappa shape index (κ2) is 11.9. The number of nitrogens with one attached hydrogen (secondary N) is 2. The van der Waals surface area contributed by atoms with Crippen LogP contribution in [0.3, 0.4) is 0 Å². The number of aliphatic hydroxyl groups excluding tert-OH is 2. The number of nitrogens with zero attached hydrogens (tertiary/aromatic N) is 2. The molecule has 0 aromatic rings. The highest BCUT2D eigenvalue weighted by atomic mass is 16.5. The molecular weight excluding hydrogens is 456 g/mol. The van der Waals surface area contributed by atoms with Gasteiger partial charge in [0, 0.05) is 18.6 Å². The zero-order valence-electron chi connectivity index (χ0n) is 22.7. The molecule has 204 valence electrons. The summed E-state index contributed by atoms with van der Waals surface area (Å²) in [7, 11) is 2.02. The van der Waals surface area contributed by atoms with Crippen molar-refractivity contribution in [2.45, 2.75) is 128 Å². The molecule has 36 heavy (non-hydrogen) atoms. The Hall–Kier alpha value is -1.48. The topological polar surface area (TPSA) is 106 Å². The Balaban J connectivity index is 1.49. The van der Waals surface area contributed by atoms with Gasteiger partial charge in [-0.3, -0.25) is 15.1 Å². The summed E-state index contributed by atoms with van der Waals surface area (Å²) in [5.41, 5.74) is 0.667. The largest absolute Gasteiger partial charge is 0.382 e. The van der Waals surface area contributed by atoms with Gasteiger partial charge in [-0.05, 0) is 70.8 Å². The van der Waals surface area contributed by atoms with Gasteiger partial charge in [0.25, 0.3) is 5.91 Å². The Labute approximate surface area is 216 Å². The van der Waals surface area contributed by atoms with Crippen molar-refractivity contribution in [3.05, 3.63) is 11.8 Å². The Kier molecular flexibility index (Phi) is 9.13. The zero-order valence-corrected chi connectivity index (χ0v) is 22.7. The first kappa shape index (κ1) is 27.6. The molecule has 2 fully saturated rings. The number of likely N-dealkylation sites (N-methyl/N-ethyl adjacent to an activating group) is 1. The van der Waals surface area contributed by atoms with Gasteiger partial charge in [0.2, 0.25) is 0 Å². The van der Waals surface area contributed by atoms with Crippen LogP contribution in [0.4, 0.5) is 0 Å². The van der Waals surface area contributed by atoms with Crippen LogP contribution in [0.1, 0.15) is 91.4 Å². The molecule has 0 radical (unpaired) electrons. The molecule has 0 aromatic carbocycles. The molecule has 2 aliphatic heterocycles.